The van der Waals surface area contributed by atoms with Crippen LogP contribution in [-0.2, 0) is 6.18 Å². The topological polar surface area (TPSA) is 49.5 Å². The number of alkyl halides is 3. The quantitative estimate of drug-likeness (QED) is 0.761. The Hall–Kier alpha value is -1.43. The van der Waals surface area contributed by atoms with Crippen LogP contribution in [0.25, 0.3) is 0 Å². The highest BCUT2D eigenvalue weighted by atomic mass is 19.4. The molecule has 1 aliphatic rings. The molecule has 0 aliphatic carbocycles. The predicted octanol–water partition coefficient (Wildman–Crippen LogP) is 2.25. The molecule has 0 unspecified atom stereocenters. The molecule has 6 heteroatoms. The van der Waals surface area contributed by atoms with Crippen LogP contribution in [0.3, 0.4) is 0 Å². The summed E-state index contributed by atoms with van der Waals surface area (Å²) in [6, 6.07) is 3.33. The molecule has 1 atom stereocenters. The van der Waals surface area contributed by atoms with Crippen molar-refractivity contribution in [2.45, 2.75) is 25.1 Å². The second kappa shape index (κ2) is 4.68. The average Bonchev–Trinajstić information content (AvgIpc) is 2.27. The zero-order valence-electron chi connectivity index (χ0n) is 9.74. The molecule has 100 valence electrons. The number of piperidine rings is 1. The van der Waals surface area contributed by atoms with Gasteiger partial charge in [0, 0.05) is 13.1 Å². The van der Waals surface area contributed by atoms with Crippen LogP contribution in [0.1, 0.15) is 18.4 Å². The Morgan fingerprint density at radius 1 is 1.33 bits per heavy atom. The van der Waals surface area contributed by atoms with E-state index in [2.05, 4.69) is 0 Å². The number of anilines is 2. The second-order valence-electron chi connectivity index (χ2n) is 4.51. The smallest absolute Gasteiger partial charge is 0.397 e. The summed E-state index contributed by atoms with van der Waals surface area (Å²) in [6.45, 7) is 1.11. The molecular weight excluding hydrogens is 245 g/mol. The lowest BCUT2D eigenvalue weighted by atomic mass is 10.1. The Kier molecular flexibility index (Phi) is 3.38. The zero-order valence-corrected chi connectivity index (χ0v) is 9.74. The van der Waals surface area contributed by atoms with E-state index in [1.165, 1.54) is 6.07 Å². The van der Waals surface area contributed by atoms with E-state index in [1.807, 2.05) is 4.90 Å². The molecule has 1 fully saturated rings. The summed E-state index contributed by atoms with van der Waals surface area (Å²) < 4.78 is 37.5. The third-order valence-electron chi connectivity index (χ3n) is 3.09. The number of rotatable bonds is 1. The fourth-order valence-electron chi connectivity index (χ4n) is 2.19. The van der Waals surface area contributed by atoms with Crippen LogP contribution in [0, 0.1) is 0 Å². The number of halogens is 3. The molecule has 1 aromatic rings. The minimum atomic E-state index is -4.38. The first kappa shape index (κ1) is 13.0. The van der Waals surface area contributed by atoms with Crippen LogP contribution in [0.15, 0.2) is 18.2 Å². The van der Waals surface area contributed by atoms with Crippen molar-refractivity contribution >= 4 is 11.4 Å². The van der Waals surface area contributed by atoms with Crippen LogP contribution in [0.5, 0.6) is 0 Å². The largest absolute Gasteiger partial charge is 0.416 e. The highest BCUT2D eigenvalue weighted by Crippen LogP contribution is 2.34. The highest BCUT2D eigenvalue weighted by Gasteiger charge is 2.31. The molecule has 1 saturated heterocycles. The Morgan fingerprint density at radius 2 is 2.06 bits per heavy atom. The summed E-state index contributed by atoms with van der Waals surface area (Å²) in [5, 5.41) is 9.55. The number of aliphatic hydroxyl groups is 1. The average molecular weight is 260 g/mol. The maximum Gasteiger partial charge on any atom is 0.416 e. The number of aliphatic hydroxyl groups excluding tert-OH is 1. The van der Waals surface area contributed by atoms with Crippen molar-refractivity contribution in [3.63, 3.8) is 0 Å². The second-order valence-corrected chi connectivity index (χ2v) is 4.51. The summed E-state index contributed by atoms with van der Waals surface area (Å²) in [5.41, 5.74) is 5.58. The van der Waals surface area contributed by atoms with Gasteiger partial charge in [0.25, 0.3) is 0 Å². The lowest BCUT2D eigenvalue weighted by molar-refractivity contribution is -0.137. The highest BCUT2D eigenvalue weighted by molar-refractivity contribution is 5.69. The molecule has 18 heavy (non-hydrogen) atoms. The van der Waals surface area contributed by atoms with Crippen LogP contribution in [-0.4, -0.2) is 24.3 Å². The lowest BCUT2D eigenvalue weighted by Gasteiger charge is -2.33. The number of benzene rings is 1. The first-order chi connectivity index (χ1) is 8.38. The van der Waals surface area contributed by atoms with E-state index in [0.29, 0.717) is 18.8 Å². The van der Waals surface area contributed by atoms with Gasteiger partial charge in [-0.3, -0.25) is 0 Å². The third kappa shape index (κ3) is 2.69. The van der Waals surface area contributed by atoms with Crippen molar-refractivity contribution in [1.29, 1.82) is 0 Å². The number of nitrogens with two attached hydrogens (primary N) is 1. The third-order valence-corrected chi connectivity index (χ3v) is 3.09. The minimum Gasteiger partial charge on any atom is -0.397 e. The van der Waals surface area contributed by atoms with Crippen molar-refractivity contribution in [3.05, 3.63) is 23.8 Å². The van der Waals surface area contributed by atoms with Gasteiger partial charge >= 0.3 is 6.18 Å². The number of hydrogen-bond donors (Lipinski definition) is 2. The predicted molar refractivity (Wildman–Crippen MR) is 63.3 cm³/mol. The van der Waals surface area contributed by atoms with E-state index in [4.69, 9.17) is 5.73 Å². The van der Waals surface area contributed by atoms with Gasteiger partial charge in [0.1, 0.15) is 0 Å². The molecule has 0 bridgehead atoms. The minimum absolute atomic E-state index is 0.0962. The molecule has 1 heterocycles. The molecule has 1 aromatic carbocycles. The van der Waals surface area contributed by atoms with Gasteiger partial charge in [-0.2, -0.15) is 13.2 Å². The first-order valence-corrected chi connectivity index (χ1v) is 5.77. The van der Waals surface area contributed by atoms with E-state index in [1.54, 1.807) is 0 Å². The Bertz CT molecular complexity index is 434. The first-order valence-electron chi connectivity index (χ1n) is 5.77. The van der Waals surface area contributed by atoms with E-state index in [-0.39, 0.29) is 5.69 Å². The van der Waals surface area contributed by atoms with E-state index < -0.39 is 17.8 Å². The fraction of sp³-hybridized carbons (Fsp3) is 0.500. The molecule has 0 spiro atoms. The van der Waals surface area contributed by atoms with Gasteiger partial charge in [-0.15, -0.1) is 0 Å². The van der Waals surface area contributed by atoms with E-state index in [0.717, 1.165) is 25.0 Å². The monoisotopic (exact) mass is 260 g/mol. The Morgan fingerprint density at radius 3 is 2.61 bits per heavy atom. The molecule has 3 nitrogen and oxygen atoms in total. The van der Waals surface area contributed by atoms with E-state index >= 15 is 0 Å². The van der Waals surface area contributed by atoms with Crippen molar-refractivity contribution in [2.24, 2.45) is 0 Å². The summed E-state index contributed by atoms with van der Waals surface area (Å²) in [5.74, 6) is 0. The molecule has 1 aliphatic heterocycles. The molecule has 0 radical (unpaired) electrons. The van der Waals surface area contributed by atoms with Gasteiger partial charge in [0.15, 0.2) is 0 Å². The van der Waals surface area contributed by atoms with Crippen molar-refractivity contribution < 1.29 is 18.3 Å². The molecule has 0 aromatic heterocycles. The van der Waals surface area contributed by atoms with Gasteiger partial charge in [0.2, 0.25) is 0 Å². The number of nitrogens with zero attached hydrogens (tertiary/aromatic N) is 1. The Balaban J connectivity index is 2.24. The van der Waals surface area contributed by atoms with Gasteiger partial charge < -0.3 is 15.7 Å². The normalized spacial score (nSPS) is 21.1. The van der Waals surface area contributed by atoms with Crippen LogP contribution in [0.4, 0.5) is 24.5 Å². The van der Waals surface area contributed by atoms with Crippen molar-refractivity contribution in [1.82, 2.24) is 0 Å². The molecule has 0 amide bonds. The van der Waals surface area contributed by atoms with Crippen LogP contribution >= 0.6 is 0 Å². The van der Waals surface area contributed by atoms with E-state index in [9.17, 15) is 18.3 Å². The van der Waals surface area contributed by atoms with Crippen molar-refractivity contribution in [3.8, 4) is 0 Å². The van der Waals surface area contributed by atoms with Crippen LogP contribution < -0.4 is 10.6 Å². The van der Waals surface area contributed by atoms with Gasteiger partial charge in [-0.1, -0.05) is 0 Å². The van der Waals surface area contributed by atoms with Crippen molar-refractivity contribution in [2.75, 3.05) is 23.7 Å². The zero-order chi connectivity index (χ0) is 13.3. The maximum atomic E-state index is 12.5. The lowest BCUT2D eigenvalue weighted by Crippen LogP contribution is -2.38. The molecule has 3 N–H and O–H groups in total. The summed E-state index contributed by atoms with van der Waals surface area (Å²) in [6.07, 6.45) is -3.30. The summed E-state index contributed by atoms with van der Waals surface area (Å²) in [4.78, 5) is 1.82. The number of hydrogen-bond acceptors (Lipinski definition) is 3. The fourth-order valence-corrected chi connectivity index (χ4v) is 2.19. The SMILES string of the molecule is Nc1cc(C(F)(F)F)ccc1N1CCC[C@@H](O)C1. The molecule has 0 saturated carbocycles. The van der Waals surface area contributed by atoms with Gasteiger partial charge in [-0.25, -0.2) is 0 Å². The standard InChI is InChI=1S/C12H15F3N2O/c13-12(14,15)8-3-4-11(10(16)6-8)17-5-1-2-9(18)7-17/h3-4,6,9,18H,1-2,5,7,16H2/t9-/m1/s1. The maximum absolute atomic E-state index is 12.5. The number of β-amino-alcohol motifs (C(OH)–C–C–N with tert-alkyl or cyclic N) is 1. The Labute approximate surface area is 103 Å². The van der Waals surface area contributed by atoms with Gasteiger partial charge in [0.05, 0.1) is 23.0 Å². The number of nitrogen functional groups attached to an aromatic ring is 1. The molecule has 2 rings (SSSR count). The van der Waals surface area contributed by atoms with Crippen LogP contribution in [0.2, 0.25) is 0 Å². The molecular formula is C12H15F3N2O. The van der Waals surface area contributed by atoms with Gasteiger partial charge in [-0.05, 0) is 31.0 Å². The summed E-state index contributed by atoms with van der Waals surface area (Å²) in [7, 11) is 0. The summed E-state index contributed by atoms with van der Waals surface area (Å²) >= 11 is 0.